The smallest absolute Gasteiger partial charge is 0.355 e. The van der Waals surface area contributed by atoms with E-state index in [1.54, 1.807) is 31.2 Å². The largest absolute Gasteiger partial charge is 0.451 e. The Labute approximate surface area is 156 Å². The minimum Gasteiger partial charge on any atom is -0.451 e. The summed E-state index contributed by atoms with van der Waals surface area (Å²) >= 11 is 0. The van der Waals surface area contributed by atoms with E-state index in [4.69, 9.17) is 4.74 Å². The first-order chi connectivity index (χ1) is 12.9. The number of nitrogens with zero attached hydrogens (tertiary/aromatic N) is 3. The number of esters is 1. The van der Waals surface area contributed by atoms with Gasteiger partial charge in [0.05, 0.1) is 11.8 Å². The van der Waals surface area contributed by atoms with Gasteiger partial charge in [-0.1, -0.05) is 18.2 Å². The summed E-state index contributed by atoms with van der Waals surface area (Å²) in [5, 5.41) is 17.1. The summed E-state index contributed by atoms with van der Waals surface area (Å²) in [5.74, 6) is -1.37. The molecule has 0 spiro atoms. The maximum atomic E-state index is 12.2. The van der Waals surface area contributed by atoms with Gasteiger partial charge in [-0.3, -0.25) is 9.59 Å². The third kappa shape index (κ3) is 4.31. The minimum atomic E-state index is -0.942. The van der Waals surface area contributed by atoms with Gasteiger partial charge in [0, 0.05) is 12.8 Å². The molecule has 0 radical (unpaired) electrons. The lowest BCUT2D eigenvalue weighted by molar-refractivity contribution is -0.142. The Kier molecular flexibility index (Phi) is 5.21. The first kappa shape index (κ1) is 18.6. The Morgan fingerprint density at radius 2 is 2.04 bits per heavy atom. The zero-order chi connectivity index (χ0) is 19.4. The van der Waals surface area contributed by atoms with Crippen LogP contribution >= 0.6 is 0 Å². The molecule has 1 aromatic rings. The van der Waals surface area contributed by atoms with Crippen LogP contribution in [0.3, 0.4) is 0 Å². The van der Waals surface area contributed by atoms with E-state index in [1.165, 1.54) is 5.01 Å². The van der Waals surface area contributed by atoms with E-state index in [2.05, 4.69) is 16.5 Å². The molecule has 1 atom stereocenters. The van der Waals surface area contributed by atoms with Crippen LogP contribution in [-0.2, 0) is 19.1 Å². The molecule has 1 aromatic carbocycles. The first-order valence-electron chi connectivity index (χ1n) is 8.78. The fourth-order valence-electron chi connectivity index (χ4n) is 2.89. The van der Waals surface area contributed by atoms with Crippen molar-refractivity contribution in [2.45, 2.75) is 38.1 Å². The highest BCUT2D eigenvalue weighted by molar-refractivity contribution is 6.38. The summed E-state index contributed by atoms with van der Waals surface area (Å²) in [7, 11) is 0. The summed E-state index contributed by atoms with van der Waals surface area (Å²) < 4.78 is 5.02. The van der Waals surface area contributed by atoms with Crippen molar-refractivity contribution in [1.82, 2.24) is 5.32 Å². The summed E-state index contributed by atoms with van der Waals surface area (Å²) in [6.07, 6.45) is 2.07. The van der Waals surface area contributed by atoms with Gasteiger partial charge < -0.3 is 10.1 Å². The number of hydrogen-bond donors (Lipinski definition) is 1. The lowest BCUT2D eigenvalue weighted by atomic mass is 9.98. The molecule has 0 unspecified atom stereocenters. The Morgan fingerprint density at radius 3 is 2.67 bits per heavy atom. The quantitative estimate of drug-likeness (QED) is 0.765. The van der Waals surface area contributed by atoms with Crippen molar-refractivity contribution in [1.29, 1.82) is 5.26 Å². The second kappa shape index (κ2) is 7.58. The molecule has 0 aromatic heterocycles. The number of rotatable bonds is 6. The van der Waals surface area contributed by atoms with Crippen molar-refractivity contribution in [3.63, 3.8) is 0 Å². The maximum absolute atomic E-state index is 12.2. The normalized spacial score (nSPS) is 18.7. The molecule has 0 bridgehead atoms. The highest BCUT2D eigenvalue weighted by Crippen LogP contribution is 2.39. The van der Waals surface area contributed by atoms with Crippen LogP contribution in [0.4, 0.5) is 5.69 Å². The lowest BCUT2D eigenvalue weighted by Crippen LogP contribution is -2.48. The average molecular weight is 368 g/mol. The highest BCUT2D eigenvalue weighted by Gasteiger charge is 2.43. The van der Waals surface area contributed by atoms with Crippen molar-refractivity contribution < 1.29 is 19.1 Å². The number of ether oxygens (including phenoxy) is 1. The van der Waals surface area contributed by atoms with Crippen LogP contribution in [0.15, 0.2) is 35.4 Å². The molecule has 1 saturated carbocycles. The molecule has 3 rings (SSSR count). The van der Waals surface area contributed by atoms with Gasteiger partial charge in [0.1, 0.15) is 11.3 Å². The number of hydrogen-bond acceptors (Lipinski definition) is 6. The second-order valence-electron chi connectivity index (χ2n) is 6.80. The van der Waals surface area contributed by atoms with E-state index in [0.717, 1.165) is 12.8 Å². The van der Waals surface area contributed by atoms with Crippen molar-refractivity contribution in [2.24, 2.45) is 11.0 Å². The Morgan fingerprint density at radius 1 is 1.33 bits per heavy atom. The molecule has 1 aliphatic carbocycles. The van der Waals surface area contributed by atoms with Gasteiger partial charge in [0.2, 0.25) is 5.91 Å². The van der Waals surface area contributed by atoms with Crippen LogP contribution in [0.25, 0.3) is 0 Å². The van der Waals surface area contributed by atoms with Crippen LogP contribution in [0.1, 0.15) is 32.6 Å². The standard InChI is InChI=1S/C19H20N4O4/c1-19(12-20,13-7-8-13)21-16(24)11-27-18(26)15-9-10-17(25)23(22-15)14-5-3-2-4-6-14/h2-6,13H,7-11H2,1H3,(H,21,24)/t19-/m0/s1. The number of para-hydroxylation sites is 1. The van der Waals surface area contributed by atoms with Gasteiger partial charge in [-0.2, -0.15) is 10.4 Å². The third-order valence-electron chi connectivity index (χ3n) is 4.63. The highest BCUT2D eigenvalue weighted by atomic mass is 16.5. The van der Waals surface area contributed by atoms with E-state index in [9.17, 15) is 19.6 Å². The van der Waals surface area contributed by atoms with Gasteiger partial charge >= 0.3 is 5.97 Å². The number of carbonyl (C=O) groups excluding carboxylic acids is 3. The Bertz CT molecular complexity index is 826. The summed E-state index contributed by atoms with van der Waals surface area (Å²) in [4.78, 5) is 36.3. The number of benzene rings is 1. The minimum absolute atomic E-state index is 0.0801. The van der Waals surface area contributed by atoms with Crippen LogP contribution < -0.4 is 10.3 Å². The molecule has 1 N–H and O–H groups in total. The number of amides is 2. The molecule has 2 aliphatic rings. The molecule has 1 aliphatic heterocycles. The van der Waals surface area contributed by atoms with E-state index >= 15 is 0 Å². The third-order valence-corrected chi connectivity index (χ3v) is 4.63. The predicted octanol–water partition coefficient (Wildman–Crippen LogP) is 1.52. The molecule has 2 amide bonds. The Balaban J connectivity index is 1.59. The molecule has 8 nitrogen and oxygen atoms in total. The summed E-state index contributed by atoms with van der Waals surface area (Å²) in [5.41, 5.74) is -0.307. The van der Waals surface area contributed by atoms with Crippen molar-refractivity contribution in [3.05, 3.63) is 30.3 Å². The number of carbonyl (C=O) groups is 3. The average Bonchev–Trinajstić information content (AvgIpc) is 3.53. The number of anilines is 1. The number of nitriles is 1. The zero-order valence-electron chi connectivity index (χ0n) is 15.0. The monoisotopic (exact) mass is 368 g/mol. The van der Waals surface area contributed by atoms with Crippen LogP contribution in [0, 0.1) is 17.2 Å². The van der Waals surface area contributed by atoms with Gasteiger partial charge in [0.15, 0.2) is 6.61 Å². The van der Waals surface area contributed by atoms with E-state index in [1.807, 2.05) is 6.07 Å². The summed E-state index contributed by atoms with van der Waals surface area (Å²) in [6.45, 7) is 1.17. The van der Waals surface area contributed by atoms with E-state index in [0.29, 0.717) is 5.69 Å². The first-order valence-corrected chi connectivity index (χ1v) is 8.78. The van der Waals surface area contributed by atoms with Crippen LogP contribution in [0.2, 0.25) is 0 Å². The molecule has 1 fully saturated rings. The molecule has 0 saturated heterocycles. The van der Waals surface area contributed by atoms with Gasteiger partial charge in [-0.25, -0.2) is 9.80 Å². The van der Waals surface area contributed by atoms with Crippen LogP contribution in [-0.4, -0.2) is 35.6 Å². The van der Waals surface area contributed by atoms with Crippen molar-refractivity contribution in [3.8, 4) is 6.07 Å². The molecular formula is C19H20N4O4. The van der Waals surface area contributed by atoms with Crippen molar-refractivity contribution in [2.75, 3.05) is 11.6 Å². The maximum Gasteiger partial charge on any atom is 0.355 e. The number of nitrogens with one attached hydrogen (secondary N) is 1. The van der Waals surface area contributed by atoms with Crippen LogP contribution in [0.5, 0.6) is 0 Å². The molecule has 140 valence electrons. The number of hydrazone groups is 1. The topological polar surface area (TPSA) is 112 Å². The van der Waals surface area contributed by atoms with E-state index < -0.39 is 24.0 Å². The van der Waals surface area contributed by atoms with Gasteiger partial charge in [-0.15, -0.1) is 0 Å². The SMILES string of the molecule is C[C@@](C#N)(NC(=O)COC(=O)C1=NN(c2ccccc2)C(=O)CC1)C1CC1. The fourth-order valence-corrected chi connectivity index (χ4v) is 2.89. The second-order valence-corrected chi connectivity index (χ2v) is 6.80. The molecule has 27 heavy (non-hydrogen) atoms. The Hall–Kier alpha value is -3.21. The predicted molar refractivity (Wildman–Crippen MR) is 96.4 cm³/mol. The lowest BCUT2D eigenvalue weighted by Gasteiger charge is -2.24. The van der Waals surface area contributed by atoms with E-state index in [-0.39, 0.29) is 30.4 Å². The van der Waals surface area contributed by atoms with Gasteiger partial charge in [0.25, 0.3) is 5.91 Å². The van der Waals surface area contributed by atoms with Crippen molar-refractivity contribution >= 4 is 29.2 Å². The summed E-state index contributed by atoms with van der Waals surface area (Å²) in [6, 6.07) is 10.9. The van der Waals surface area contributed by atoms with Gasteiger partial charge in [-0.05, 0) is 37.8 Å². The zero-order valence-corrected chi connectivity index (χ0v) is 15.0. The fraction of sp³-hybridized carbons (Fsp3) is 0.421. The molecule has 8 heteroatoms. The molecule has 1 heterocycles. The molecular weight excluding hydrogens is 348 g/mol.